The van der Waals surface area contributed by atoms with Gasteiger partial charge in [-0.2, -0.15) is 0 Å². The second-order valence-electron chi connectivity index (χ2n) is 4.26. The zero-order valence-electron chi connectivity index (χ0n) is 11.0. The molecule has 0 saturated carbocycles. The maximum absolute atomic E-state index is 12.0. The molecule has 7 heteroatoms. The summed E-state index contributed by atoms with van der Waals surface area (Å²) >= 11 is 1.14. The van der Waals surface area contributed by atoms with Gasteiger partial charge in [0.1, 0.15) is 0 Å². The summed E-state index contributed by atoms with van der Waals surface area (Å²) in [4.78, 5) is 12.0. The molecule has 1 amide bonds. The van der Waals surface area contributed by atoms with Crippen molar-refractivity contribution in [3.63, 3.8) is 0 Å². The van der Waals surface area contributed by atoms with Gasteiger partial charge in [0.2, 0.25) is 11.1 Å². The highest BCUT2D eigenvalue weighted by molar-refractivity contribution is 7.97. The van der Waals surface area contributed by atoms with Crippen LogP contribution in [0.25, 0.3) is 0 Å². The number of carbonyl (C=O) groups excluding carboxylic acids is 1. The van der Waals surface area contributed by atoms with E-state index in [-0.39, 0.29) is 11.8 Å². The van der Waals surface area contributed by atoms with E-state index in [2.05, 4.69) is 39.2 Å². The summed E-state index contributed by atoms with van der Waals surface area (Å²) in [7, 11) is 0. The standard InChI is InChI=1S/C11H21N5OS/c1-3-5-7-9(8-6-4-2)10(17)14-18-11-12-15-16-13-11/h9H,3-8H2,1-2H3,(H,14,17)(H,12,13,15,16). The summed E-state index contributed by atoms with van der Waals surface area (Å²) in [5, 5.41) is 13.7. The summed E-state index contributed by atoms with van der Waals surface area (Å²) in [5.74, 6) is 0.187. The number of nitrogens with one attached hydrogen (secondary N) is 2. The number of nitrogens with zero attached hydrogens (tertiary/aromatic N) is 3. The maximum Gasteiger partial charge on any atom is 0.233 e. The Kier molecular flexibility index (Phi) is 7.40. The Morgan fingerprint density at radius 2 is 2.00 bits per heavy atom. The van der Waals surface area contributed by atoms with Gasteiger partial charge in [-0.05, 0) is 23.3 Å². The average Bonchev–Trinajstić information content (AvgIpc) is 2.89. The Morgan fingerprint density at radius 1 is 1.33 bits per heavy atom. The first-order valence-corrected chi connectivity index (χ1v) is 7.30. The van der Waals surface area contributed by atoms with Crippen LogP contribution < -0.4 is 4.72 Å². The van der Waals surface area contributed by atoms with Gasteiger partial charge in [-0.15, -0.1) is 5.10 Å². The lowest BCUT2D eigenvalue weighted by Crippen LogP contribution is -2.26. The lowest BCUT2D eigenvalue weighted by Gasteiger charge is -2.14. The summed E-state index contributed by atoms with van der Waals surface area (Å²) in [6, 6.07) is 0. The number of H-pyrrole nitrogens is 1. The molecule has 1 aromatic heterocycles. The molecule has 0 aliphatic heterocycles. The molecule has 0 fully saturated rings. The van der Waals surface area contributed by atoms with Crippen molar-refractivity contribution < 1.29 is 4.79 Å². The molecule has 2 N–H and O–H groups in total. The zero-order chi connectivity index (χ0) is 13.2. The van der Waals surface area contributed by atoms with Crippen LogP contribution in [0.1, 0.15) is 52.4 Å². The minimum Gasteiger partial charge on any atom is -0.293 e. The Hall–Kier alpha value is -1.11. The van der Waals surface area contributed by atoms with Crippen LogP contribution in [0, 0.1) is 5.92 Å². The fraction of sp³-hybridized carbons (Fsp3) is 0.818. The van der Waals surface area contributed by atoms with Gasteiger partial charge < -0.3 is 0 Å². The van der Waals surface area contributed by atoms with Gasteiger partial charge in [0.05, 0.1) is 0 Å². The molecule has 0 spiro atoms. The first kappa shape index (κ1) is 14.9. The second-order valence-corrected chi connectivity index (χ2v) is 5.05. The summed E-state index contributed by atoms with van der Waals surface area (Å²) in [6.07, 6.45) is 6.34. The van der Waals surface area contributed by atoms with Crippen molar-refractivity contribution in [2.45, 2.75) is 57.5 Å². The van der Waals surface area contributed by atoms with Crippen LogP contribution in [-0.4, -0.2) is 26.5 Å². The third-order valence-corrected chi connectivity index (χ3v) is 3.43. The quantitative estimate of drug-likeness (QED) is 0.673. The van der Waals surface area contributed by atoms with Gasteiger partial charge in [0.25, 0.3) is 0 Å². The molecule has 0 atom stereocenters. The van der Waals surface area contributed by atoms with Crippen molar-refractivity contribution in [2.24, 2.45) is 5.92 Å². The van der Waals surface area contributed by atoms with Crippen LogP contribution in [0.15, 0.2) is 5.16 Å². The first-order chi connectivity index (χ1) is 8.77. The number of tetrazole rings is 1. The SMILES string of the molecule is CCCCC(CCCC)C(=O)NSc1nnn[nH]1. The van der Waals surface area contributed by atoms with Crippen LogP contribution in [0.5, 0.6) is 0 Å². The van der Waals surface area contributed by atoms with E-state index in [0.29, 0.717) is 5.16 Å². The smallest absolute Gasteiger partial charge is 0.233 e. The molecule has 6 nitrogen and oxygen atoms in total. The topological polar surface area (TPSA) is 83.6 Å². The number of unbranched alkanes of at least 4 members (excludes halogenated alkanes) is 2. The van der Waals surface area contributed by atoms with Gasteiger partial charge in [-0.3, -0.25) is 9.52 Å². The Bertz CT molecular complexity index is 322. The fourth-order valence-electron chi connectivity index (χ4n) is 1.68. The summed E-state index contributed by atoms with van der Waals surface area (Å²) in [5.41, 5.74) is 0. The van der Waals surface area contributed by atoms with Crippen molar-refractivity contribution in [3.05, 3.63) is 0 Å². The highest BCUT2D eigenvalue weighted by Gasteiger charge is 2.17. The van der Waals surface area contributed by atoms with Crippen LogP contribution in [-0.2, 0) is 4.79 Å². The molecule has 0 radical (unpaired) electrons. The number of aromatic amines is 1. The minimum atomic E-state index is 0.0818. The molecule has 1 heterocycles. The predicted octanol–water partition coefficient (Wildman–Crippen LogP) is 2.32. The molecule has 0 saturated heterocycles. The number of amides is 1. The van der Waals surface area contributed by atoms with E-state index in [4.69, 9.17) is 0 Å². The van der Waals surface area contributed by atoms with Gasteiger partial charge in [0.15, 0.2) is 0 Å². The second kappa shape index (κ2) is 8.91. The van der Waals surface area contributed by atoms with E-state index in [1.807, 2.05) is 0 Å². The Labute approximate surface area is 112 Å². The number of aromatic nitrogens is 4. The minimum absolute atomic E-state index is 0.0818. The maximum atomic E-state index is 12.0. The van der Waals surface area contributed by atoms with Crippen molar-refractivity contribution >= 4 is 17.9 Å². The van der Waals surface area contributed by atoms with Gasteiger partial charge in [0, 0.05) is 17.9 Å². The predicted molar refractivity (Wildman–Crippen MR) is 70.7 cm³/mol. The van der Waals surface area contributed by atoms with E-state index in [1.54, 1.807) is 0 Å². The van der Waals surface area contributed by atoms with Crippen molar-refractivity contribution in [1.29, 1.82) is 0 Å². The molecule has 0 aliphatic carbocycles. The van der Waals surface area contributed by atoms with Crippen molar-refractivity contribution in [2.75, 3.05) is 0 Å². The number of hydrogen-bond acceptors (Lipinski definition) is 5. The zero-order valence-corrected chi connectivity index (χ0v) is 11.8. The van der Waals surface area contributed by atoms with Gasteiger partial charge >= 0.3 is 0 Å². The largest absolute Gasteiger partial charge is 0.293 e. The monoisotopic (exact) mass is 271 g/mol. The Morgan fingerprint density at radius 3 is 2.50 bits per heavy atom. The molecule has 0 aromatic carbocycles. The molecular formula is C11H21N5OS. The molecule has 102 valence electrons. The summed E-state index contributed by atoms with van der Waals surface area (Å²) in [6.45, 7) is 4.29. The van der Waals surface area contributed by atoms with Gasteiger partial charge in [-0.1, -0.05) is 39.5 Å². The van der Waals surface area contributed by atoms with Crippen molar-refractivity contribution in [1.82, 2.24) is 25.3 Å². The molecule has 0 unspecified atom stereocenters. The number of carbonyl (C=O) groups is 1. The van der Waals surface area contributed by atoms with E-state index in [1.165, 1.54) is 0 Å². The number of rotatable bonds is 9. The lowest BCUT2D eigenvalue weighted by atomic mass is 9.95. The van der Waals surface area contributed by atoms with E-state index in [0.717, 1.165) is 50.5 Å². The molecule has 0 aliphatic rings. The molecule has 18 heavy (non-hydrogen) atoms. The third-order valence-electron chi connectivity index (χ3n) is 2.76. The Balaban J connectivity index is 2.36. The normalized spacial score (nSPS) is 10.8. The van der Waals surface area contributed by atoms with E-state index < -0.39 is 0 Å². The molecular weight excluding hydrogens is 250 g/mol. The van der Waals surface area contributed by atoms with Crippen molar-refractivity contribution in [3.8, 4) is 0 Å². The van der Waals surface area contributed by atoms with E-state index in [9.17, 15) is 4.79 Å². The first-order valence-electron chi connectivity index (χ1n) is 6.48. The number of hydrogen-bond donors (Lipinski definition) is 2. The molecule has 1 aromatic rings. The van der Waals surface area contributed by atoms with Crippen LogP contribution in [0.2, 0.25) is 0 Å². The lowest BCUT2D eigenvalue weighted by molar-refractivity contribution is -0.123. The summed E-state index contributed by atoms with van der Waals surface area (Å²) < 4.78 is 2.81. The average molecular weight is 271 g/mol. The van der Waals surface area contributed by atoms with Crippen LogP contribution in [0.4, 0.5) is 0 Å². The van der Waals surface area contributed by atoms with Crippen LogP contribution in [0.3, 0.4) is 0 Å². The highest BCUT2D eigenvalue weighted by Crippen LogP contribution is 2.18. The molecule has 1 rings (SSSR count). The van der Waals surface area contributed by atoms with Crippen LogP contribution >= 0.6 is 11.9 Å². The third kappa shape index (κ3) is 5.48. The molecule has 0 bridgehead atoms. The fourth-order valence-corrected chi connectivity index (χ4v) is 2.21. The van der Waals surface area contributed by atoms with E-state index >= 15 is 0 Å². The highest BCUT2D eigenvalue weighted by atomic mass is 32.2. The van der Waals surface area contributed by atoms with Gasteiger partial charge in [-0.25, -0.2) is 5.10 Å².